The van der Waals surface area contributed by atoms with Crippen molar-refractivity contribution in [2.24, 2.45) is 5.84 Å². The minimum Gasteiger partial charge on any atom is -0.271 e. The van der Waals surface area contributed by atoms with Crippen molar-refractivity contribution in [3.8, 4) is 0 Å². The Morgan fingerprint density at radius 3 is 2.94 bits per heavy atom. The van der Waals surface area contributed by atoms with Gasteiger partial charge in [0, 0.05) is 27.3 Å². The zero-order valence-electron chi connectivity index (χ0n) is 8.43. The monoisotopic (exact) mass is 298 g/mol. The lowest BCUT2D eigenvalue weighted by atomic mass is 10.1. The van der Waals surface area contributed by atoms with E-state index in [0.717, 1.165) is 16.5 Å². The molecule has 2 aromatic rings. The molecule has 84 valence electrons. The van der Waals surface area contributed by atoms with E-state index in [0.29, 0.717) is 0 Å². The number of nitrogens with zero attached hydrogens (tertiary/aromatic N) is 2. The summed E-state index contributed by atoms with van der Waals surface area (Å²) in [7, 11) is 0. The summed E-state index contributed by atoms with van der Waals surface area (Å²) in [5.74, 6) is 5.55. The molecule has 0 bridgehead atoms. The lowest BCUT2D eigenvalue weighted by Crippen LogP contribution is -2.29. The lowest BCUT2D eigenvalue weighted by molar-refractivity contribution is 0.552. The average Bonchev–Trinajstić information content (AvgIpc) is 2.73. The number of thiophene rings is 1. The molecule has 0 amide bonds. The van der Waals surface area contributed by atoms with E-state index in [2.05, 4.69) is 43.0 Å². The predicted molar refractivity (Wildman–Crippen MR) is 67.8 cm³/mol. The van der Waals surface area contributed by atoms with Crippen molar-refractivity contribution in [3.05, 3.63) is 44.8 Å². The second-order valence-corrected chi connectivity index (χ2v) is 5.24. The third-order valence-corrected chi connectivity index (χ3v) is 3.96. The fourth-order valence-corrected chi connectivity index (χ4v) is 2.94. The smallest absolute Gasteiger partial charge is 0.0544 e. The zero-order valence-corrected chi connectivity index (χ0v) is 10.8. The molecule has 3 N–H and O–H groups in total. The van der Waals surface area contributed by atoms with Gasteiger partial charge in [0.1, 0.15) is 0 Å². The van der Waals surface area contributed by atoms with Crippen LogP contribution in [0.15, 0.2) is 34.4 Å². The molecule has 2 heterocycles. The number of aromatic nitrogens is 2. The molecule has 0 aliphatic heterocycles. The highest BCUT2D eigenvalue weighted by molar-refractivity contribution is 9.10. The van der Waals surface area contributed by atoms with Gasteiger partial charge < -0.3 is 0 Å². The quantitative estimate of drug-likeness (QED) is 0.670. The van der Waals surface area contributed by atoms with Crippen molar-refractivity contribution in [1.82, 2.24) is 15.6 Å². The van der Waals surface area contributed by atoms with Crippen LogP contribution in [0, 0.1) is 0 Å². The topological polar surface area (TPSA) is 63.8 Å². The van der Waals surface area contributed by atoms with Crippen LogP contribution >= 0.6 is 27.3 Å². The molecule has 0 aliphatic rings. The minimum absolute atomic E-state index is 0.0704. The number of halogens is 1. The van der Waals surface area contributed by atoms with Gasteiger partial charge >= 0.3 is 0 Å². The molecule has 6 heteroatoms. The highest BCUT2D eigenvalue weighted by atomic mass is 79.9. The van der Waals surface area contributed by atoms with Crippen molar-refractivity contribution in [3.63, 3.8) is 0 Å². The maximum absolute atomic E-state index is 5.55. The fourth-order valence-electron chi connectivity index (χ4n) is 1.44. The summed E-state index contributed by atoms with van der Waals surface area (Å²) in [5, 5.41) is 9.66. The van der Waals surface area contributed by atoms with Crippen LogP contribution in [0.25, 0.3) is 0 Å². The molecule has 0 saturated carbocycles. The summed E-state index contributed by atoms with van der Waals surface area (Å²) < 4.78 is 1.11. The molecule has 16 heavy (non-hydrogen) atoms. The van der Waals surface area contributed by atoms with Crippen LogP contribution < -0.4 is 11.3 Å². The maximum Gasteiger partial charge on any atom is 0.0544 e. The number of nitrogens with two attached hydrogens (primary N) is 1. The van der Waals surface area contributed by atoms with E-state index in [1.165, 1.54) is 4.88 Å². The molecule has 0 aromatic carbocycles. The Balaban J connectivity index is 2.12. The number of hydrogen-bond acceptors (Lipinski definition) is 5. The Morgan fingerprint density at radius 1 is 1.50 bits per heavy atom. The largest absolute Gasteiger partial charge is 0.271 e. The lowest BCUT2D eigenvalue weighted by Gasteiger charge is -2.14. The van der Waals surface area contributed by atoms with Gasteiger partial charge in [0.25, 0.3) is 0 Å². The van der Waals surface area contributed by atoms with Crippen molar-refractivity contribution in [1.29, 1.82) is 0 Å². The molecule has 1 unspecified atom stereocenters. The van der Waals surface area contributed by atoms with Gasteiger partial charge in [-0.05, 0) is 33.6 Å². The highest BCUT2D eigenvalue weighted by Gasteiger charge is 2.11. The molecule has 2 aromatic heterocycles. The normalized spacial score (nSPS) is 12.6. The van der Waals surface area contributed by atoms with Gasteiger partial charge in [0.05, 0.1) is 12.2 Å². The minimum atomic E-state index is 0.0704. The Morgan fingerprint density at radius 2 is 2.38 bits per heavy atom. The summed E-state index contributed by atoms with van der Waals surface area (Å²) >= 11 is 5.15. The van der Waals surface area contributed by atoms with Crippen molar-refractivity contribution < 1.29 is 0 Å². The van der Waals surface area contributed by atoms with Crippen LogP contribution in [0.5, 0.6) is 0 Å². The van der Waals surface area contributed by atoms with E-state index in [-0.39, 0.29) is 6.04 Å². The van der Waals surface area contributed by atoms with Crippen molar-refractivity contribution in [2.75, 3.05) is 0 Å². The predicted octanol–water partition coefficient (Wildman–Crippen LogP) is 2.05. The second kappa shape index (κ2) is 5.49. The Labute approximate surface area is 106 Å². The Kier molecular flexibility index (Phi) is 4.00. The summed E-state index contributed by atoms with van der Waals surface area (Å²) in [6.07, 6.45) is 4.25. The Hall–Kier alpha value is -0.820. The first-order chi connectivity index (χ1) is 7.79. The third kappa shape index (κ3) is 2.85. The first-order valence-electron chi connectivity index (χ1n) is 4.75. The molecule has 4 nitrogen and oxygen atoms in total. The summed E-state index contributed by atoms with van der Waals surface area (Å²) in [5.41, 5.74) is 3.84. The second-order valence-electron chi connectivity index (χ2n) is 3.33. The van der Waals surface area contributed by atoms with Gasteiger partial charge in [0.15, 0.2) is 0 Å². The molecule has 0 spiro atoms. The van der Waals surface area contributed by atoms with E-state index in [1.807, 2.05) is 6.07 Å². The molecular formula is C10H11BrN4S. The maximum atomic E-state index is 5.55. The van der Waals surface area contributed by atoms with E-state index < -0.39 is 0 Å². The zero-order chi connectivity index (χ0) is 11.4. The van der Waals surface area contributed by atoms with Gasteiger partial charge in [-0.15, -0.1) is 11.3 Å². The van der Waals surface area contributed by atoms with Gasteiger partial charge in [0.2, 0.25) is 0 Å². The molecule has 0 aliphatic carbocycles. The Bertz CT molecular complexity index is 445. The first-order valence-corrected chi connectivity index (χ1v) is 6.42. The van der Waals surface area contributed by atoms with Crippen molar-refractivity contribution >= 4 is 27.3 Å². The van der Waals surface area contributed by atoms with E-state index in [4.69, 9.17) is 5.84 Å². The number of rotatable bonds is 4. The molecule has 0 saturated heterocycles. The van der Waals surface area contributed by atoms with Crippen LogP contribution in [-0.4, -0.2) is 10.2 Å². The van der Waals surface area contributed by atoms with Crippen LogP contribution in [0.4, 0.5) is 0 Å². The number of nitrogens with one attached hydrogen (secondary N) is 1. The van der Waals surface area contributed by atoms with Crippen LogP contribution in [0.1, 0.15) is 16.5 Å². The first kappa shape index (κ1) is 11.7. The number of hydrogen-bond donors (Lipinski definition) is 2. The van der Waals surface area contributed by atoms with Gasteiger partial charge in [-0.25, -0.2) is 0 Å². The summed E-state index contributed by atoms with van der Waals surface area (Å²) in [6.45, 7) is 0. The van der Waals surface area contributed by atoms with Gasteiger partial charge in [-0.3, -0.25) is 11.3 Å². The van der Waals surface area contributed by atoms with E-state index in [9.17, 15) is 0 Å². The highest BCUT2D eigenvalue weighted by Crippen LogP contribution is 2.24. The molecule has 0 radical (unpaired) electrons. The van der Waals surface area contributed by atoms with Crippen LogP contribution in [-0.2, 0) is 6.42 Å². The molecule has 2 rings (SSSR count). The third-order valence-electron chi connectivity index (χ3n) is 2.24. The van der Waals surface area contributed by atoms with E-state index in [1.54, 1.807) is 23.7 Å². The summed E-state index contributed by atoms with van der Waals surface area (Å²) in [6, 6.07) is 4.09. The van der Waals surface area contributed by atoms with Crippen molar-refractivity contribution in [2.45, 2.75) is 12.5 Å². The molecular weight excluding hydrogens is 288 g/mol. The standard InChI is InChI=1S/C10H11BrN4S/c11-8-3-9(16-6-8)4-10(15-12)7-1-2-13-14-5-7/h1-3,5-6,10,15H,4,12H2. The van der Waals surface area contributed by atoms with E-state index >= 15 is 0 Å². The average molecular weight is 299 g/mol. The number of hydrazine groups is 1. The van der Waals surface area contributed by atoms with Gasteiger partial charge in [-0.2, -0.15) is 10.2 Å². The molecule has 1 atom stereocenters. The fraction of sp³-hybridized carbons (Fsp3) is 0.200. The van der Waals surface area contributed by atoms with Crippen LogP contribution in [0.3, 0.4) is 0 Å². The molecule has 0 fully saturated rings. The summed E-state index contributed by atoms with van der Waals surface area (Å²) in [4.78, 5) is 1.27. The SMILES string of the molecule is NNC(Cc1cc(Br)cs1)c1ccnnc1. The van der Waals surface area contributed by atoms with Crippen LogP contribution in [0.2, 0.25) is 0 Å². The van der Waals surface area contributed by atoms with Gasteiger partial charge in [-0.1, -0.05) is 0 Å².